The maximum atomic E-state index is 11.1. The van der Waals surface area contributed by atoms with Crippen LogP contribution in [0.4, 0.5) is 5.69 Å². The molecule has 0 atom stereocenters. The lowest BCUT2D eigenvalue weighted by molar-refractivity contribution is 0.304. The molecule has 3 rings (SSSR count). The van der Waals surface area contributed by atoms with E-state index in [1.165, 1.54) is 4.78 Å². The van der Waals surface area contributed by atoms with E-state index in [0.717, 1.165) is 33.7 Å². The van der Waals surface area contributed by atoms with Crippen LogP contribution in [0.1, 0.15) is 16.7 Å². The predicted molar refractivity (Wildman–Crippen MR) is 105 cm³/mol. The lowest BCUT2D eigenvalue weighted by Crippen LogP contribution is -2.21. The molecule has 5 nitrogen and oxygen atoms in total. The number of aromatic nitrogens is 1. The van der Waals surface area contributed by atoms with E-state index in [1.807, 2.05) is 57.4 Å². The van der Waals surface area contributed by atoms with Crippen molar-refractivity contribution in [3.63, 3.8) is 0 Å². The predicted octanol–water partition coefficient (Wildman–Crippen LogP) is 4.77. The summed E-state index contributed by atoms with van der Waals surface area (Å²) in [6.07, 6.45) is 2.03. The molecule has 3 aromatic rings. The number of rotatable bonds is 6. The fraction of sp³-hybridized carbons (Fsp3) is 0.200. The van der Waals surface area contributed by atoms with Gasteiger partial charge >= 0.3 is 0 Å². The number of benzene rings is 2. The fourth-order valence-electron chi connectivity index (χ4n) is 3.01. The van der Waals surface area contributed by atoms with Gasteiger partial charge in [-0.15, -0.1) is 0 Å². The van der Waals surface area contributed by atoms with Crippen LogP contribution in [0.15, 0.2) is 54.7 Å². The van der Waals surface area contributed by atoms with Crippen molar-refractivity contribution in [3.8, 4) is 17.0 Å². The Labute approximate surface area is 155 Å². The van der Waals surface area contributed by atoms with E-state index in [4.69, 9.17) is 10.6 Å². The number of hydrogen-bond acceptors (Lipinski definition) is 3. The standard InChI is InChI=1S/C20H22N3O2P/c1-14-6-4-7-19(23(21)26-24)17(14)13-25-20-10-9-16(12-15(20)2)18-8-5-11-22(18)3/h4-12H,13,21H2,1-3H3. The number of ether oxygens (including phenoxy) is 1. The Morgan fingerprint density at radius 1 is 1.12 bits per heavy atom. The highest BCUT2D eigenvalue weighted by Gasteiger charge is 2.12. The zero-order valence-electron chi connectivity index (χ0n) is 15.1. The topological polar surface area (TPSA) is 60.5 Å². The van der Waals surface area contributed by atoms with Crippen molar-refractivity contribution in [2.45, 2.75) is 20.5 Å². The van der Waals surface area contributed by atoms with Crippen LogP contribution >= 0.6 is 8.61 Å². The molecule has 0 spiro atoms. The molecule has 0 radical (unpaired) electrons. The molecule has 26 heavy (non-hydrogen) atoms. The number of anilines is 1. The molecule has 0 saturated heterocycles. The Kier molecular flexibility index (Phi) is 5.40. The van der Waals surface area contributed by atoms with Crippen molar-refractivity contribution in [2.24, 2.45) is 12.9 Å². The summed E-state index contributed by atoms with van der Waals surface area (Å²) in [4.78, 5) is 0. The molecular weight excluding hydrogens is 345 g/mol. The van der Waals surface area contributed by atoms with Crippen molar-refractivity contribution >= 4 is 14.3 Å². The Hall–Kier alpha value is -2.62. The summed E-state index contributed by atoms with van der Waals surface area (Å²) < 4.78 is 20.4. The third-order valence-corrected chi connectivity index (χ3v) is 4.90. The van der Waals surface area contributed by atoms with E-state index < -0.39 is 0 Å². The minimum atomic E-state index is -0.256. The van der Waals surface area contributed by atoms with E-state index in [0.29, 0.717) is 12.3 Å². The van der Waals surface area contributed by atoms with Gasteiger partial charge in [-0.3, -0.25) is 0 Å². The fourth-order valence-corrected chi connectivity index (χ4v) is 3.29. The molecule has 0 bridgehead atoms. The van der Waals surface area contributed by atoms with Crippen LogP contribution in [0.5, 0.6) is 5.75 Å². The van der Waals surface area contributed by atoms with Crippen molar-refractivity contribution in [1.29, 1.82) is 0 Å². The number of hydrazine groups is 1. The van der Waals surface area contributed by atoms with Crippen molar-refractivity contribution in [3.05, 3.63) is 71.4 Å². The average molecular weight is 367 g/mol. The molecule has 0 unspecified atom stereocenters. The number of hydrogen-bond donors (Lipinski definition) is 1. The van der Waals surface area contributed by atoms with Gasteiger partial charge < -0.3 is 9.30 Å². The van der Waals surface area contributed by atoms with Crippen LogP contribution in [0.25, 0.3) is 11.3 Å². The molecule has 2 N–H and O–H groups in total. The average Bonchev–Trinajstić information content (AvgIpc) is 3.06. The molecule has 1 aromatic heterocycles. The van der Waals surface area contributed by atoms with Gasteiger partial charge in [0.2, 0.25) is 0 Å². The summed E-state index contributed by atoms with van der Waals surface area (Å²) >= 11 is 0. The monoisotopic (exact) mass is 367 g/mol. The molecule has 0 aliphatic carbocycles. The third-order valence-electron chi connectivity index (χ3n) is 4.51. The van der Waals surface area contributed by atoms with Crippen LogP contribution in [0.2, 0.25) is 0 Å². The quantitative estimate of drug-likeness (QED) is 0.387. The Morgan fingerprint density at radius 3 is 2.58 bits per heavy atom. The first-order valence-corrected chi connectivity index (χ1v) is 9.09. The van der Waals surface area contributed by atoms with Gasteiger partial charge in [0.05, 0.1) is 5.69 Å². The summed E-state index contributed by atoms with van der Waals surface area (Å²) in [5, 5.41) is 0. The van der Waals surface area contributed by atoms with E-state index in [2.05, 4.69) is 22.8 Å². The van der Waals surface area contributed by atoms with Gasteiger partial charge in [-0.1, -0.05) is 12.1 Å². The summed E-state index contributed by atoms with van der Waals surface area (Å²) in [5.41, 5.74) is 6.03. The van der Waals surface area contributed by atoms with Crippen LogP contribution in [0, 0.1) is 13.8 Å². The molecule has 6 heteroatoms. The smallest absolute Gasteiger partial charge is 0.297 e. The molecule has 2 aromatic carbocycles. The second-order valence-corrected chi connectivity index (χ2v) is 6.87. The molecule has 1 heterocycles. The first-order chi connectivity index (χ1) is 12.5. The summed E-state index contributed by atoms with van der Waals surface area (Å²) in [7, 11) is 1.77. The largest absolute Gasteiger partial charge is 0.489 e. The van der Waals surface area contributed by atoms with Gasteiger partial charge in [0.15, 0.2) is 0 Å². The minimum absolute atomic E-state index is 0.256. The minimum Gasteiger partial charge on any atom is -0.489 e. The second kappa shape index (κ2) is 7.73. The third kappa shape index (κ3) is 3.64. The highest BCUT2D eigenvalue weighted by Crippen LogP contribution is 2.30. The van der Waals surface area contributed by atoms with Crippen molar-refractivity contribution in [2.75, 3.05) is 4.78 Å². The Bertz CT molecular complexity index is 937. The van der Waals surface area contributed by atoms with Gasteiger partial charge in [-0.25, -0.2) is 15.2 Å². The maximum absolute atomic E-state index is 11.1. The normalized spacial score (nSPS) is 10.9. The van der Waals surface area contributed by atoms with E-state index in [9.17, 15) is 4.57 Å². The number of aryl methyl sites for hydroxylation is 3. The highest BCUT2D eigenvalue weighted by molar-refractivity contribution is 7.25. The molecular formula is C20H22N3O2P. The highest BCUT2D eigenvalue weighted by atomic mass is 31.1. The Balaban J connectivity index is 1.83. The molecule has 0 fully saturated rings. The number of nitrogens with two attached hydrogens (primary N) is 1. The van der Waals surface area contributed by atoms with E-state index >= 15 is 0 Å². The van der Waals surface area contributed by atoms with Crippen LogP contribution in [0.3, 0.4) is 0 Å². The van der Waals surface area contributed by atoms with Crippen LogP contribution < -0.4 is 15.4 Å². The zero-order chi connectivity index (χ0) is 18.7. The Morgan fingerprint density at radius 2 is 1.92 bits per heavy atom. The maximum Gasteiger partial charge on any atom is 0.297 e. The first kappa shape index (κ1) is 18.2. The van der Waals surface area contributed by atoms with Gasteiger partial charge in [0.25, 0.3) is 8.61 Å². The van der Waals surface area contributed by atoms with Crippen molar-refractivity contribution < 1.29 is 9.30 Å². The lowest BCUT2D eigenvalue weighted by Gasteiger charge is -2.18. The molecule has 0 amide bonds. The van der Waals surface area contributed by atoms with Crippen LogP contribution in [-0.4, -0.2) is 4.57 Å². The SMILES string of the molecule is Cc1cc(-c2cccn2C)ccc1OCc1c(C)cccc1N(N)P=O. The van der Waals surface area contributed by atoms with Crippen LogP contribution in [-0.2, 0) is 18.2 Å². The zero-order valence-corrected chi connectivity index (χ0v) is 16.0. The molecule has 134 valence electrons. The summed E-state index contributed by atoms with van der Waals surface area (Å²) in [6.45, 7) is 4.38. The van der Waals surface area contributed by atoms with E-state index in [1.54, 1.807) is 0 Å². The van der Waals surface area contributed by atoms with Crippen molar-refractivity contribution in [1.82, 2.24) is 4.57 Å². The number of nitrogens with zero attached hydrogens (tertiary/aromatic N) is 2. The lowest BCUT2D eigenvalue weighted by atomic mass is 10.1. The van der Waals surface area contributed by atoms with Gasteiger partial charge in [0, 0.05) is 24.5 Å². The van der Waals surface area contributed by atoms with Gasteiger partial charge in [-0.2, -0.15) is 0 Å². The van der Waals surface area contributed by atoms with E-state index in [-0.39, 0.29) is 8.61 Å². The molecule has 0 aliphatic heterocycles. The molecule has 0 saturated carbocycles. The summed E-state index contributed by atoms with van der Waals surface area (Å²) in [6, 6.07) is 16.0. The van der Waals surface area contributed by atoms with Gasteiger partial charge in [-0.05, 0) is 66.9 Å². The molecule has 0 aliphatic rings. The van der Waals surface area contributed by atoms with Gasteiger partial charge in [0.1, 0.15) is 12.4 Å². The second-order valence-electron chi connectivity index (χ2n) is 6.27. The first-order valence-electron chi connectivity index (χ1n) is 8.33. The summed E-state index contributed by atoms with van der Waals surface area (Å²) in [5.74, 6) is 6.62.